The molecule has 82 valence electrons. The van der Waals surface area contributed by atoms with Crippen LogP contribution in [0.5, 0.6) is 0 Å². The third-order valence-corrected chi connectivity index (χ3v) is 2.76. The molecule has 3 nitrogen and oxygen atoms in total. The summed E-state index contributed by atoms with van der Waals surface area (Å²) in [4.78, 5) is 11.4. The van der Waals surface area contributed by atoms with Crippen molar-refractivity contribution in [2.75, 3.05) is 6.54 Å². The van der Waals surface area contributed by atoms with Crippen molar-refractivity contribution in [1.29, 1.82) is 0 Å². The Labute approximate surface area is 89.9 Å². The van der Waals surface area contributed by atoms with Crippen LogP contribution in [0.4, 0.5) is 0 Å². The summed E-state index contributed by atoms with van der Waals surface area (Å²) in [6, 6.07) is 9.22. The molecule has 0 bridgehead atoms. The van der Waals surface area contributed by atoms with Crippen molar-refractivity contribution < 1.29 is 9.90 Å². The van der Waals surface area contributed by atoms with Gasteiger partial charge >= 0.3 is 5.97 Å². The summed E-state index contributed by atoms with van der Waals surface area (Å²) in [5.74, 6) is -0.835. The zero-order valence-corrected chi connectivity index (χ0v) is 8.94. The van der Waals surface area contributed by atoms with E-state index in [2.05, 4.69) is 0 Å². The molecular weight excluding hydrogens is 190 g/mol. The van der Waals surface area contributed by atoms with Crippen LogP contribution in [-0.4, -0.2) is 17.6 Å². The Kier molecular flexibility index (Phi) is 3.86. The van der Waals surface area contributed by atoms with Crippen molar-refractivity contribution in [1.82, 2.24) is 0 Å². The molecule has 1 rings (SSSR count). The van der Waals surface area contributed by atoms with Gasteiger partial charge in [-0.3, -0.25) is 4.79 Å². The summed E-state index contributed by atoms with van der Waals surface area (Å²) in [7, 11) is 0. The molecule has 3 N–H and O–H groups in total. The van der Waals surface area contributed by atoms with E-state index < -0.39 is 11.4 Å². The maximum absolute atomic E-state index is 11.4. The van der Waals surface area contributed by atoms with Crippen LogP contribution in [0, 0.1) is 0 Å². The second-order valence-electron chi connectivity index (χ2n) is 3.71. The molecule has 3 heteroatoms. The standard InChI is InChI=1S/C12H17NO2/c1-2-8-12(9-13,11(14)15)10-6-4-3-5-7-10/h3-7H,2,8-9,13H2,1H3,(H,14,15). The van der Waals surface area contributed by atoms with Crippen LogP contribution in [0.25, 0.3) is 0 Å². The first-order valence-electron chi connectivity index (χ1n) is 5.16. The molecule has 0 aliphatic carbocycles. The van der Waals surface area contributed by atoms with Gasteiger partial charge in [-0.05, 0) is 12.0 Å². The largest absolute Gasteiger partial charge is 0.481 e. The Morgan fingerprint density at radius 3 is 2.40 bits per heavy atom. The molecule has 0 saturated carbocycles. The number of carboxylic acid groups (broad SMARTS) is 1. The summed E-state index contributed by atoms with van der Waals surface area (Å²) < 4.78 is 0. The molecule has 0 spiro atoms. The van der Waals surface area contributed by atoms with Crippen LogP contribution in [0.3, 0.4) is 0 Å². The number of hydrogen-bond acceptors (Lipinski definition) is 2. The Balaban J connectivity index is 3.15. The second kappa shape index (κ2) is 4.94. The molecule has 1 unspecified atom stereocenters. The Morgan fingerprint density at radius 1 is 1.40 bits per heavy atom. The SMILES string of the molecule is CCCC(CN)(C(=O)O)c1ccccc1. The van der Waals surface area contributed by atoms with Gasteiger partial charge in [0, 0.05) is 6.54 Å². The Morgan fingerprint density at radius 2 is 2.00 bits per heavy atom. The first kappa shape index (κ1) is 11.7. The van der Waals surface area contributed by atoms with Gasteiger partial charge in [-0.15, -0.1) is 0 Å². The molecule has 1 aromatic carbocycles. The lowest BCUT2D eigenvalue weighted by Gasteiger charge is -2.27. The lowest BCUT2D eigenvalue weighted by molar-refractivity contribution is -0.143. The lowest BCUT2D eigenvalue weighted by Crippen LogP contribution is -2.42. The summed E-state index contributed by atoms with van der Waals surface area (Å²) in [6.45, 7) is 2.11. The fourth-order valence-corrected chi connectivity index (χ4v) is 1.87. The summed E-state index contributed by atoms with van der Waals surface area (Å²) >= 11 is 0. The number of aliphatic carboxylic acids is 1. The van der Waals surface area contributed by atoms with Crippen molar-refractivity contribution >= 4 is 5.97 Å². The van der Waals surface area contributed by atoms with E-state index in [4.69, 9.17) is 5.73 Å². The first-order valence-corrected chi connectivity index (χ1v) is 5.16. The van der Waals surface area contributed by atoms with Gasteiger partial charge in [0.05, 0.1) is 0 Å². The highest BCUT2D eigenvalue weighted by molar-refractivity contribution is 5.81. The molecule has 1 atom stereocenters. The predicted molar refractivity (Wildman–Crippen MR) is 59.7 cm³/mol. The van der Waals surface area contributed by atoms with Gasteiger partial charge in [0.25, 0.3) is 0 Å². The summed E-state index contributed by atoms with van der Waals surface area (Å²) in [6.07, 6.45) is 1.38. The number of hydrogen-bond donors (Lipinski definition) is 2. The zero-order chi connectivity index (χ0) is 11.3. The third kappa shape index (κ3) is 2.18. The number of carboxylic acids is 1. The van der Waals surface area contributed by atoms with Crippen molar-refractivity contribution in [3.63, 3.8) is 0 Å². The molecule has 0 fully saturated rings. The highest BCUT2D eigenvalue weighted by Crippen LogP contribution is 2.28. The molecule has 0 saturated heterocycles. The van der Waals surface area contributed by atoms with Crippen molar-refractivity contribution in [2.45, 2.75) is 25.2 Å². The average Bonchev–Trinajstić information content (AvgIpc) is 2.26. The first-order chi connectivity index (χ1) is 7.17. The van der Waals surface area contributed by atoms with Crippen molar-refractivity contribution in [3.8, 4) is 0 Å². The Hall–Kier alpha value is -1.35. The molecule has 0 amide bonds. The van der Waals surface area contributed by atoms with Gasteiger partial charge < -0.3 is 10.8 Å². The van der Waals surface area contributed by atoms with Gasteiger partial charge in [0.1, 0.15) is 5.41 Å². The van der Waals surface area contributed by atoms with Gasteiger partial charge in [0.2, 0.25) is 0 Å². The van der Waals surface area contributed by atoms with Crippen LogP contribution >= 0.6 is 0 Å². The Bertz CT molecular complexity index is 324. The molecular formula is C12H17NO2. The van der Waals surface area contributed by atoms with E-state index in [0.717, 1.165) is 12.0 Å². The van der Waals surface area contributed by atoms with Crippen LogP contribution in [0.2, 0.25) is 0 Å². The van der Waals surface area contributed by atoms with Crippen molar-refractivity contribution in [3.05, 3.63) is 35.9 Å². The normalized spacial score (nSPS) is 14.5. The molecule has 0 aliphatic heterocycles. The monoisotopic (exact) mass is 207 g/mol. The minimum atomic E-state index is -0.921. The molecule has 0 aromatic heterocycles. The lowest BCUT2D eigenvalue weighted by atomic mass is 9.77. The number of carbonyl (C=O) groups is 1. The van der Waals surface area contributed by atoms with Gasteiger partial charge in [-0.25, -0.2) is 0 Å². The van der Waals surface area contributed by atoms with Crippen LogP contribution in [0.1, 0.15) is 25.3 Å². The van der Waals surface area contributed by atoms with E-state index in [1.807, 2.05) is 37.3 Å². The highest BCUT2D eigenvalue weighted by atomic mass is 16.4. The second-order valence-corrected chi connectivity index (χ2v) is 3.71. The molecule has 15 heavy (non-hydrogen) atoms. The number of benzene rings is 1. The third-order valence-electron chi connectivity index (χ3n) is 2.76. The van der Waals surface area contributed by atoms with E-state index >= 15 is 0 Å². The van der Waals surface area contributed by atoms with E-state index in [1.54, 1.807) is 0 Å². The minimum absolute atomic E-state index is 0.139. The van der Waals surface area contributed by atoms with Crippen LogP contribution in [-0.2, 0) is 10.2 Å². The van der Waals surface area contributed by atoms with E-state index in [-0.39, 0.29) is 6.54 Å². The predicted octanol–water partition coefficient (Wildman–Crippen LogP) is 1.77. The van der Waals surface area contributed by atoms with Crippen molar-refractivity contribution in [2.24, 2.45) is 5.73 Å². The zero-order valence-electron chi connectivity index (χ0n) is 8.94. The van der Waals surface area contributed by atoms with Crippen LogP contribution in [0.15, 0.2) is 30.3 Å². The molecule has 0 radical (unpaired) electrons. The molecule has 1 aromatic rings. The highest BCUT2D eigenvalue weighted by Gasteiger charge is 2.37. The fraction of sp³-hybridized carbons (Fsp3) is 0.417. The average molecular weight is 207 g/mol. The number of nitrogens with two attached hydrogens (primary N) is 1. The smallest absolute Gasteiger partial charge is 0.315 e. The minimum Gasteiger partial charge on any atom is -0.481 e. The summed E-state index contributed by atoms with van der Waals surface area (Å²) in [5.41, 5.74) is 5.52. The quantitative estimate of drug-likeness (QED) is 0.773. The molecule has 0 heterocycles. The van der Waals surface area contributed by atoms with E-state index in [9.17, 15) is 9.90 Å². The van der Waals surface area contributed by atoms with Crippen LogP contribution < -0.4 is 5.73 Å². The van der Waals surface area contributed by atoms with Gasteiger partial charge in [-0.1, -0.05) is 43.7 Å². The van der Waals surface area contributed by atoms with E-state index in [0.29, 0.717) is 6.42 Å². The molecule has 0 aliphatic rings. The maximum atomic E-state index is 11.4. The summed E-state index contributed by atoms with van der Waals surface area (Å²) in [5, 5.41) is 9.33. The fourth-order valence-electron chi connectivity index (χ4n) is 1.87. The van der Waals surface area contributed by atoms with E-state index in [1.165, 1.54) is 0 Å². The maximum Gasteiger partial charge on any atom is 0.315 e. The van der Waals surface area contributed by atoms with Gasteiger partial charge in [-0.2, -0.15) is 0 Å². The topological polar surface area (TPSA) is 63.3 Å². The van der Waals surface area contributed by atoms with Gasteiger partial charge in [0.15, 0.2) is 0 Å². The number of rotatable bonds is 5.